The van der Waals surface area contributed by atoms with E-state index in [2.05, 4.69) is 4.98 Å². The van der Waals surface area contributed by atoms with Gasteiger partial charge in [-0.25, -0.2) is 8.42 Å². The van der Waals surface area contributed by atoms with E-state index in [1.807, 2.05) is 27.7 Å². The van der Waals surface area contributed by atoms with E-state index in [1.54, 1.807) is 0 Å². The highest BCUT2D eigenvalue weighted by Crippen LogP contribution is 2.33. The molecule has 0 atom stereocenters. The van der Waals surface area contributed by atoms with Crippen molar-refractivity contribution in [3.63, 3.8) is 0 Å². The van der Waals surface area contributed by atoms with E-state index in [-0.39, 0.29) is 23.0 Å². The van der Waals surface area contributed by atoms with Crippen molar-refractivity contribution in [1.82, 2.24) is 9.29 Å². The minimum absolute atomic E-state index is 0.0372. The summed E-state index contributed by atoms with van der Waals surface area (Å²) in [6, 6.07) is 1.48. The fraction of sp³-hybridized carbons (Fsp3) is 0.615. The van der Waals surface area contributed by atoms with Gasteiger partial charge in [0, 0.05) is 25.5 Å². The first-order valence-electron chi connectivity index (χ1n) is 6.33. The van der Waals surface area contributed by atoms with Crippen LogP contribution in [0.4, 0.5) is 0 Å². The average molecular weight is 319 g/mol. The Balaban J connectivity index is 2.42. The van der Waals surface area contributed by atoms with Gasteiger partial charge in [0.1, 0.15) is 4.90 Å². The van der Waals surface area contributed by atoms with Crippen LogP contribution in [0.3, 0.4) is 0 Å². The first-order valence-corrected chi connectivity index (χ1v) is 8.15. The molecule has 1 aromatic rings. The van der Waals surface area contributed by atoms with Gasteiger partial charge < -0.3 is 4.74 Å². The molecule has 0 amide bonds. The minimum atomic E-state index is -3.68. The topological polar surface area (TPSA) is 59.5 Å². The largest absolute Gasteiger partial charge is 0.367 e. The zero-order chi connectivity index (χ0) is 15.2. The van der Waals surface area contributed by atoms with E-state index < -0.39 is 21.2 Å². The Kier molecular flexibility index (Phi) is 3.88. The van der Waals surface area contributed by atoms with Crippen molar-refractivity contribution in [2.45, 2.75) is 43.8 Å². The average Bonchev–Trinajstić information content (AvgIpc) is 2.25. The Labute approximate surface area is 125 Å². The molecule has 2 heterocycles. The molecule has 1 saturated heterocycles. The van der Waals surface area contributed by atoms with Gasteiger partial charge >= 0.3 is 0 Å². The molecule has 0 aromatic carbocycles. The zero-order valence-corrected chi connectivity index (χ0v) is 13.6. The van der Waals surface area contributed by atoms with Crippen molar-refractivity contribution in [3.8, 4) is 0 Å². The number of hydrogen-bond donors (Lipinski definition) is 0. The molecule has 0 aliphatic carbocycles. The number of sulfonamides is 1. The maximum absolute atomic E-state index is 12.7. The van der Waals surface area contributed by atoms with Crippen molar-refractivity contribution in [2.75, 3.05) is 13.1 Å². The van der Waals surface area contributed by atoms with Crippen LogP contribution in [-0.2, 0) is 14.8 Å². The smallest absolute Gasteiger partial charge is 0.246 e. The number of pyridine rings is 1. The van der Waals surface area contributed by atoms with Gasteiger partial charge in [0.25, 0.3) is 0 Å². The molecular formula is C13H19ClN2O3S. The fourth-order valence-electron chi connectivity index (χ4n) is 2.58. The van der Waals surface area contributed by atoms with Crippen LogP contribution in [0.2, 0.25) is 5.02 Å². The lowest BCUT2D eigenvalue weighted by molar-refractivity contribution is -0.163. The summed E-state index contributed by atoms with van der Waals surface area (Å²) >= 11 is 5.99. The lowest BCUT2D eigenvalue weighted by atomic mass is 10.0. The van der Waals surface area contributed by atoms with Gasteiger partial charge in [-0.3, -0.25) is 4.98 Å². The summed E-state index contributed by atoms with van der Waals surface area (Å²) in [5.74, 6) is 0. The van der Waals surface area contributed by atoms with Gasteiger partial charge in [0.15, 0.2) is 0 Å². The molecule has 0 bridgehead atoms. The Bertz CT molecular complexity index is 598. The molecular weight excluding hydrogens is 300 g/mol. The Hall–Kier alpha value is -0.690. The summed E-state index contributed by atoms with van der Waals surface area (Å²) in [4.78, 5) is 3.89. The predicted octanol–water partition coefficient (Wildman–Crippen LogP) is 2.31. The Morgan fingerprint density at radius 1 is 1.25 bits per heavy atom. The normalized spacial score (nSPS) is 22.6. The molecule has 20 heavy (non-hydrogen) atoms. The summed E-state index contributed by atoms with van der Waals surface area (Å²) in [7, 11) is -3.68. The van der Waals surface area contributed by atoms with Gasteiger partial charge in [-0.2, -0.15) is 4.31 Å². The van der Waals surface area contributed by atoms with Crippen LogP contribution < -0.4 is 0 Å². The molecule has 1 aliphatic rings. The molecule has 0 spiro atoms. The van der Waals surface area contributed by atoms with Gasteiger partial charge in [0.05, 0.1) is 16.2 Å². The van der Waals surface area contributed by atoms with Crippen molar-refractivity contribution >= 4 is 21.6 Å². The first kappa shape index (κ1) is 15.7. The van der Waals surface area contributed by atoms with E-state index in [1.165, 1.54) is 22.8 Å². The summed E-state index contributed by atoms with van der Waals surface area (Å²) in [6.45, 7) is 8.07. The van der Waals surface area contributed by atoms with E-state index in [4.69, 9.17) is 16.3 Å². The van der Waals surface area contributed by atoms with Gasteiger partial charge in [-0.05, 0) is 33.8 Å². The lowest BCUT2D eigenvalue weighted by Gasteiger charge is -2.46. The number of aromatic nitrogens is 1. The Morgan fingerprint density at radius 3 is 2.30 bits per heavy atom. The highest BCUT2D eigenvalue weighted by atomic mass is 35.5. The molecule has 5 nitrogen and oxygen atoms in total. The number of rotatable bonds is 2. The van der Waals surface area contributed by atoms with Gasteiger partial charge in [0.2, 0.25) is 10.0 Å². The molecule has 0 N–H and O–H groups in total. The van der Waals surface area contributed by atoms with Crippen LogP contribution in [0, 0.1) is 0 Å². The summed E-state index contributed by atoms with van der Waals surface area (Å²) in [5.41, 5.74) is -1.10. The van der Waals surface area contributed by atoms with Crippen LogP contribution >= 0.6 is 11.6 Å². The van der Waals surface area contributed by atoms with Crippen molar-refractivity contribution in [3.05, 3.63) is 23.5 Å². The highest BCUT2D eigenvalue weighted by Gasteiger charge is 2.43. The van der Waals surface area contributed by atoms with Crippen LogP contribution in [0.15, 0.2) is 23.4 Å². The van der Waals surface area contributed by atoms with Crippen LogP contribution in [0.1, 0.15) is 27.7 Å². The number of nitrogens with zero attached hydrogens (tertiary/aromatic N) is 2. The maximum Gasteiger partial charge on any atom is 0.246 e. The van der Waals surface area contributed by atoms with Gasteiger partial charge in [-0.15, -0.1) is 0 Å². The number of ether oxygens (including phenoxy) is 1. The molecule has 1 aliphatic heterocycles. The number of hydrogen-bond acceptors (Lipinski definition) is 4. The third kappa shape index (κ3) is 3.14. The van der Waals surface area contributed by atoms with Crippen LogP contribution in [0.5, 0.6) is 0 Å². The number of morpholine rings is 1. The summed E-state index contributed by atoms with van der Waals surface area (Å²) < 4.78 is 32.8. The fourth-order valence-corrected chi connectivity index (χ4v) is 4.73. The maximum atomic E-state index is 12.7. The lowest BCUT2D eigenvalue weighted by Crippen LogP contribution is -2.58. The van der Waals surface area contributed by atoms with Crippen LogP contribution in [0.25, 0.3) is 0 Å². The van der Waals surface area contributed by atoms with E-state index in [0.29, 0.717) is 0 Å². The minimum Gasteiger partial charge on any atom is -0.367 e. The quantitative estimate of drug-likeness (QED) is 0.839. The second-order valence-corrected chi connectivity index (χ2v) is 8.51. The van der Waals surface area contributed by atoms with Crippen molar-refractivity contribution in [1.29, 1.82) is 0 Å². The first-order chi connectivity index (χ1) is 9.04. The zero-order valence-electron chi connectivity index (χ0n) is 12.1. The molecule has 0 radical (unpaired) electrons. The molecule has 0 unspecified atom stereocenters. The van der Waals surface area contributed by atoms with Crippen molar-refractivity contribution in [2.24, 2.45) is 0 Å². The predicted molar refractivity (Wildman–Crippen MR) is 77.2 cm³/mol. The molecule has 1 fully saturated rings. The third-order valence-electron chi connectivity index (χ3n) is 3.02. The monoisotopic (exact) mass is 318 g/mol. The number of halogens is 1. The summed E-state index contributed by atoms with van der Waals surface area (Å²) in [6.07, 6.45) is 2.75. The molecule has 1 aromatic heterocycles. The standard InChI is InChI=1S/C13H19ClN2O3S/c1-12(2)8-16(9-13(3,4)19-12)20(17,18)11-7-15-6-5-10(11)14/h5-7H,8-9H2,1-4H3. The third-order valence-corrected chi connectivity index (χ3v) is 5.28. The van der Waals surface area contributed by atoms with E-state index >= 15 is 0 Å². The molecule has 7 heteroatoms. The second kappa shape index (κ2) is 4.94. The van der Waals surface area contributed by atoms with Crippen LogP contribution in [-0.4, -0.2) is 42.0 Å². The van der Waals surface area contributed by atoms with E-state index in [0.717, 1.165) is 0 Å². The highest BCUT2D eigenvalue weighted by molar-refractivity contribution is 7.89. The molecule has 112 valence electrons. The molecule has 0 saturated carbocycles. The Morgan fingerprint density at radius 2 is 1.80 bits per heavy atom. The molecule has 2 rings (SSSR count). The second-order valence-electron chi connectivity index (χ2n) is 6.20. The van der Waals surface area contributed by atoms with E-state index in [9.17, 15) is 8.42 Å². The van der Waals surface area contributed by atoms with Gasteiger partial charge in [-0.1, -0.05) is 11.6 Å². The SMILES string of the molecule is CC1(C)CN(S(=O)(=O)c2cnccc2Cl)CC(C)(C)O1. The summed E-state index contributed by atoms with van der Waals surface area (Å²) in [5, 5.41) is 0.183. The van der Waals surface area contributed by atoms with Crippen molar-refractivity contribution < 1.29 is 13.2 Å².